The summed E-state index contributed by atoms with van der Waals surface area (Å²) >= 11 is 1.33. The van der Waals surface area contributed by atoms with Crippen molar-refractivity contribution in [2.45, 2.75) is 38.6 Å². The van der Waals surface area contributed by atoms with E-state index in [4.69, 9.17) is 4.74 Å². The maximum atomic E-state index is 13.8. The van der Waals surface area contributed by atoms with Crippen LogP contribution in [0.2, 0.25) is 0 Å². The number of thioether (sulfide) groups is 1. The molecule has 0 heterocycles. The maximum Gasteiger partial charge on any atom is 0.242 e. The van der Waals surface area contributed by atoms with Crippen LogP contribution in [-0.2, 0) is 21.9 Å². The number of amides is 2. The second kappa shape index (κ2) is 12.2. The van der Waals surface area contributed by atoms with Crippen molar-refractivity contribution in [2.75, 3.05) is 19.4 Å². The highest BCUT2D eigenvalue weighted by Gasteiger charge is 2.26. The summed E-state index contributed by atoms with van der Waals surface area (Å²) in [5.41, 5.74) is 1.43. The van der Waals surface area contributed by atoms with Crippen molar-refractivity contribution >= 4 is 23.6 Å². The molecule has 0 radical (unpaired) electrons. The predicted molar refractivity (Wildman–Crippen MR) is 119 cm³/mol. The molecule has 5 nitrogen and oxygen atoms in total. The number of benzene rings is 2. The van der Waals surface area contributed by atoms with Crippen LogP contribution in [-0.4, -0.2) is 42.2 Å². The zero-order valence-corrected chi connectivity index (χ0v) is 18.5. The zero-order chi connectivity index (χ0) is 21.9. The van der Waals surface area contributed by atoms with Crippen molar-refractivity contribution in [2.24, 2.45) is 0 Å². The molecule has 0 fully saturated rings. The van der Waals surface area contributed by atoms with Crippen molar-refractivity contribution in [3.05, 3.63) is 65.5 Å². The van der Waals surface area contributed by atoms with Crippen LogP contribution in [0.25, 0.3) is 0 Å². The van der Waals surface area contributed by atoms with Crippen molar-refractivity contribution in [1.29, 1.82) is 0 Å². The molecule has 0 spiro atoms. The Morgan fingerprint density at radius 3 is 2.67 bits per heavy atom. The molecule has 162 valence electrons. The van der Waals surface area contributed by atoms with Gasteiger partial charge in [-0.2, -0.15) is 0 Å². The average molecular weight is 433 g/mol. The number of nitrogens with one attached hydrogen (secondary N) is 1. The molecule has 0 saturated heterocycles. The molecule has 1 N–H and O–H groups in total. The minimum atomic E-state index is -0.621. The van der Waals surface area contributed by atoms with Gasteiger partial charge in [0.25, 0.3) is 0 Å². The summed E-state index contributed by atoms with van der Waals surface area (Å²) in [6.07, 6.45) is 0.820. The third kappa shape index (κ3) is 7.06. The number of hydrogen-bond donors (Lipinski definition) is 1. The van der Waals surface area contributed by atoms with E-state index in [-0.39, 0.29) is 29.9 Å². The lowest BCUT2D eigenvalue weighted by atomic mass is 10.1. The van der Waals surface area contributed by atoms with Crippen LogP contribution in [0.4, 0.5) is 4.39 Å². The van der Waals surface area contributed by atoms with Crippen LogP contribution >= 0.6 is 11.8 Å². The highest BCUT2D eigenvalue weighted by molar-refractivity contribution is 7.99. The number of methoxy groups -OCH3 is 1. The van der Waals surface area contributed by atoms with E-state index in [1.807, 2.05) is 31.2 Å². The highest BCUT2D eigenvalue weighted by Crippen LogP contribution is 2.19. The van der Waals surface area contributed by atoms with Gasteiger partial charge in [0.15, 0.2) is 0 Å². The van der Waals surface area contributed by atoms with E-state index in [1.165, 1.54) is 17.8 Å². The second-order valence-corrected chi connectivity index (χ2v) is 7.91. The maximum absolute atomic E-state index is 13.8. The molecule has 2 amide bonds. The molecule has 2 rings (SSSR count). The first-order valence-corrected chi connectivity index (χ1v) is 11.1. The number of hydrogen-bond acceptors (Lipinski definition) is 4. The zero-order valence-electron chi connectivity index (χ0n) is 17.7. The van der Waals surface area contributed by atoms with Crippen molar-refractivity contribution < 1.29 is 18.7 Å². The van der Waals surface area contributed by atoms with Crippen molar-refractivity contribution in [3.8, 4) is 5.75 Å². The first-order valence-electron chi connectivity index (χ1n) is 9.97. The average Bonchev–Trinajstić information content (AvgIpc) is 2.76. The fraction of sp³-hybridized carbons (Fsp3) is 0.391. The Hall–Kier alpha value is -2.54. The van der Waals surface area contributed by atoms with E-state index in [0.29, 0.717) is 23.6 Å². The Morgan fingerprint density at radius 2 is 1.97 bits per heavy atom. The number of nitrogens with zero attached hydrogens (tertiary/aromatic N) is 1. The number of carbonyl (C=O) groups is 2. The van der Waals surface area contributed by atoms with Gasteiger partial charge in [0.1, 0.15) is 17.6 Å². The van der Waals surface area contributed by atoms with Gasteiger partial charge < -0.3 is 15.0 Å². The third-order valence-corrected chi connectivity index (χ3v) is 5.61. The molecule has 0 aliphatic rings. The van der Waals surface area contributed by atoms with Gasteiger partial charge in [-0.15, -0.1) is 11.8 Å². The fourth-order valence-corrected chi connectivity index (χ4v) is 3.79. The van der Waals surface area contributed by atoms with E-state index in [2.05, 4.69) is 5.32 Å². The van der Waals surface area contributed by atoms with E-state index >= 15 is 0 Å². The molecule has 7 heteroatoms. The summed E-state index contributed by atoms with van der Waals surface area (Å²) in [5, 5.41) is 2.85. The summed E-state index contributed by atoms with van der Waals surface area (Å²) in [6, 6.07) is 13.3. The Balaban J connectivity index is 2.09. The minimum Gasteiger partial charge on any atom is -0.497 e. The molecule has 1 unspecified atom stereocenters. The van der Waals surface area contributed by atoms with Gasteiger partial charge in [0.05, 0.1) is 12.9 Å². The lowest BCUT2D eigenvalue weighted by molar-refractivity contribution is -0.138. The molecule has 1 atom stereocenters. The Bertz CT molecular complexity index is 847. The van der Waals surface area contributed by atoms with E-state index < -0.39 is 6.04 Å². The van der Waals surface area contributed by atoms with Gasteiger partial charge >= 0.3 is 0 Å². The van der Waals surface area contributed by atoms with Crippen molar-refractivity contribution in [1.82, 2.24) is 10.2 Å². The first kappa shape index (κ1) is 23.7. The number of rotatable bonds is 11. The number of ether oxygens (including phenoxy) is 1. The van der Waals surface area contributed by atoms with Crippen LogP contribution in [0.15, 0.2) is 48.5 Å². The fourth-order valence-electron chi connectivity index (χ4n) is 2.89. The lowest BCUT2D eigenvalue weighted by Gasteiger charge is -2.29. The summed E-state index contributed by atoms with van der Waals surface area (Å²) in [5.74, 6) is 0.603. The highest BCUT2D eigenvalue weighted by atomic mass is 32.2. The van der Waals surface area contributed by atoms with Gasteiger partial charge in [0, 0.05) is 18.8 Å². The molecular formula is C23H29FN2O3S. The normalized spacial score (nSPS) is 11.6. The quantitative estimate of drug-likeness (QED) is 0.583. The van der Waals surface area contributed by atoms with E-state index in [9.17, 15) is 14.0 Å². The minimum absolute atomic E-state index is 0.156. The Morgan fingerprint density at radius 1 is 1.20 bits per heavy atom. The second-order valence-electron chi connectivity index (χ2n) is 6.92. The number of carbonyl (C=O) groups excluding carboxylic acids is 2. The Kier molecular flexibility index (Phi) is 9.67. The van der Waals surface area contributed by atoms with E-state index in [1.54, 1.807) is 37.1 Å². The van der Waals surface area contributed by atoms with Gasteiger partial charge in [-0.25, -0.2) is 4.39 Å². The molecule has 30 heavy (non-hydrogen) atoms. The molecule has 0 aromatic heterocycles. The molecule has 2 aromatic rings. The first-order chi connectivity index (χ1) is 14.5. The Labute approximate surface area is 182 Å². The summed E-state index contributed by atoms with van der Waals surface area (Å²) in [7, 11) is 1.59. The standard InChI is InChI=1S/C23H29FN2O3S/c1-4-12-25-23(28)17(2)26(14-18-8-7-10-20(13-18)29-3)22(27)16-30-15-19-9-5-6-11-21(19)24/h5-11,13,17H,4,12,14-16H2,1-3H3,(H,25,28). The van der Waals surface area contributed by atoms with Gasteiger partial charge in [-0.1, -0.05) is 37.3 Å². The largest absolute Gasteiger partial charge is 0.497 e. The lowest BCUT2D eigenvalue weighted by Crippen LogP contribution is -2.48. The van der Waals surface area contributed by atoms with Crippen LogP contribution in [0.1, 0.15) is 31.4 Å². The topological polar surface area (TPSA) is 58.6 Å². The third-order valence-electron chi connectivity index (χ3n) is 4.64. The number of halogens is 1. The molecule has 0 bridgehead atoms. The summed E-state index contributed by atoms with van der Waals surface area (Å²) < 4.78 is 19.1. The van der Waals surface area contributed by atoms with Crippen LogP contribution in [0, 0.1) is 5.82 Å². The van der Waals surface area contributed by atoms with Crippen LogP contribution in [0.3, 0.4) is 0 Å². The van der Waals surface area contributed by atoms with Crippen molar-refractivity contribution in [3.63, 3.8) is 0 Å². The molecular weight excluding hydrogens is 403 g/mol. The monoisotopic (exact) mass is 432 g/mol. The molecule has 2 aromatic carbocycles. The van der Waals surface area contributed by atoms with Crippen LogP contribution < -0.4 is 10.1 Å². The molecule has 0 aliphatic carbocycles. The SMILES string of the molecule is CCCNC(=O)C(C)N(Cc1cccc(OC)c1)C(=O)CSCc1ccccc1F. The smallest absolute Gasteiger partial charge is 0.242 e. The predicted octanol–water partition coefficient (Wildman–Crippen LogP) is 4.01. The van der Waals surface area contributed by atoms with Gasteiger partial charge in [-0.05, 0) is 42.7 Å². The van der Waals surface area contributed by atoms with Gasteiger partial charge in [-0.3, -0.25) is 9.59 Å². The van der Waals surface area contributed by atoms with Gasteiger partial charge in [0.2, 0.25) is 11.8 Å². The van der Waals surface area contributed by atoms with E-state index in [0.717, 1.165) is 12.0 Å². The molecule has 0 saturated carbocycles. The van der Waals surface area contributed by atoms with Crippen LogP contribution in [0.5, 0.6) is 5.75 Å². The molecule has 0 aliphatic heterocycles. The summed E-state index contributed by atoms with van der Waals surface area (Å²) in [6.45, 7) is 4.55. The summed E-state index contributed by atoms with van der Waals surface area (Å²) in [4.78, 5) is 27.1.